The van der Waals surface area contributed by atoms with Crippen LogP contribution in [-0.4, -0.2) is 18.3 Å². The molecule has 1 aromatic rings. The minimum Gasteiger partial charge on any atom is -0.490 e. The lowest BCUT2D eigenvalue weighted by atomic mass is 10.1. The Hall–Kier alpha value is -1.16. The molecule has 0 bridgehead atoms. The minimum absolute atomic E-state index is 0.0775. The largest absolute Gasteiger partial charge is 0.490 e. The lowest BCUT2D eigenvalue weighted by Crippen LogP contribution is -2.11. The van der Waals surface area contributed by atoms with E-state index in [2.05, 4.69) is 0 Å². The van der Waals surface area contributed by atoms with E-state index in [-0.39, 0.29) is 6.61 Å². The number of halogens is 1. The minimum atomic E-state index is -0.490. The van der Waals surface area contributed by atoms with Gasteiger partial charge < -0.3 is 10.5 Å². The van der Waals surface area contributed by atoms with Gasteiger partial charge in [-0.1, -0.05) is 12.2 Å². The molecule has 15 heavy (non-hydrogen) atoms. The molecule has 0 amide bonds. The Balaban J connectivity index is 3.04. The summed E-state index contributed by atoms with van der Waals surface area (Å²) in [5.41, 5.74) is 8.19. The topological polar surface area (TPSA) is 35.2 Å². The number of nitrogens with two attached hydrogens (primary N) is 1. The average Bonchev–Trinajstić information content (AvgIpc) is 2.16. The average molecular weight is 227 g/mol. The van der Waals surface area contributed by atoms with Gasteiger partial charge in [-0.2, -0.15) is 0 Å². The van der Waals surface area contributed by atoms with Gasteiger partial charge >= 0.3 is 0 Å². The van der Waals surface area contributed by atoms with E-state index in [1.54, 1.807) is 0 Å². The summed E-state index contributed by atoms with van der Waals surface area (Å²) < 4.78 is 17.3. The first-order valence-electron chi connectivity index (χ1n) is 4.66. The van der Waals surface area contributed by atoms with E-state index in [0.717, 1.165) is 16.7 Å². The monoisotopic (exact) mass is 227 g/mol. The maximum Gasteiger partial charge on any atom is 0.125 e. The first-order chi connectivity index (χ1) is 7.06. The molecule has 0 saturated heterocycles. The van der Waals surface area contributed by atoms with Crippen LogP contribution >= 0.6 is 12.2 Å². The molecular formula is C11H14FNOS. The molecule has 0 aliphatic carbocycles. The van der Waals surface area contributed by atoms with Crippen molar-refractivity contribution >= 4 is 17.2 Å². The normalized spacial score (nSPS) is 10.1. The lowest BCUT2D eigenvalue weighted by Gasteiger charge is -2.12. The van der Waals surface area contributed by atoms with Crippen LogP contribution in [0.2, 0.25) is 0 Å². The van der Waals surface area contributed by atoms with E-state index < -0.39 is 6.67 Å². The van der Waals surface area contributed by atoms with Gasteiger partial charge in [-0.25, -0.2) is 4.39 Å². The standard InChI is InChI=1S/C11H14FNOS/c1-7-5-9(11(13)15)6-8(2)10(7)14-4-3-12/h5-6H,3-4H2,1-2H3,(H2,13,15). The van der Waals surface area contributed by atoms with Crippen molar-refractivity contribution in [3.63, 3.8) is 0 Å². The number of benzene rings is 1. The molecule has 0 spiro atoms. The Morgan fingerprint density at radius 3 is 2.33 bits per heavy atom. The summed E-state index contributed by atoms with van der Waals surface area (Å²) in [5, 5.41) is 0. The smallest absolute Gasteiger partial charge is 0.125 e. The zero-order valence-electron chi connectivity index (χ0n) is 8.84. The van der Waals surface area contributed by atoms with E-state index >= 15 is 0 Å². The number of alkyl halides is 1. The van der Waals surface area contributed by atoms with Gasteiger partial charge in [0.05, 0.1) is 0 Å². The molecule has 2 N–H and O–H groups in total. The summed E-state index contributed by atoms with van der Waals surface area (Å²) in [7, 11) is 0. The van der Waals surface area contributed by atoms with Gasteiger partial charge in [-0.05, 0) is 37.1 Å². The second-order valence-electron chi connectivity index (χ2n) is 3.34. The Kier molecular flexibility index (Phi) is 4.03. The van der Waals surface area contributed by atoms with Gasteiger partial charge in [0.25, 0.3) is 0 Å². The zero-order valence-corrected chi connectivity index (χ0v) is 9.66. The van der Waals surface area contributed by atoms with E-state index in [0.29, 0.717) is 10.7 Å². The summed E-state index contributed by atoms with van der Waals surface area (Å²) in [6, 6.07) is 3.70. The van der Waals surface area contributed by atoms with Crippen molar-refractivity contribution in [2.75, 3.05) is 13.3 Å². The highest BCUT2D eigenvalue weighted by Crippen LogP contribution is 2.24. The summed E-state index contributed by atoms with van der Waals surface area (Å²) in [4.78, 5) is 0.359. The highest BCUT2D eigenvalue weighted by Gasteiger charge is 2.07. The third-order valence-corrected chi connectivity index (χ3v) is 2.30. The second-order valence-corrected chi connectivity index (χ2v) is 3.78. The van der Waals surface area contributed by atoms with Crippen LogP contribution in [0.1, 0.15) is 16.7 Å². The van der Waals surface area contributed by atoms with Crippen molar-refractivity contribution in [3.05, 3.63) is 28.8 Å². The Labute approximate surface area is 94.2 Å². The predicted octanol–water partition coefficient (Wildman–Crippen LogP) is 2.29. The number of aryl methyl sites for hydroxylation is 2. The van der Waals surface area contributed by atoms with Crippen LogP contribution in [-0.2, 0) is 0 Å². The molecule has 0 heterocycles. The van der Waals surface area contributed by atoms with Crippen molar-refractivity contribution in [2.45, 2.75) is 13.8 Å². The Morgan fingerprint density at radius 2 is 1.93 bits per heavy atom. The van der Waals surface area contributed by atoms with Gasteiger partial charge in [0, 0.05) is 5.56 Å². The van der Waals surface area contributed by atoms with Crippen LogP contribution in [0.5, 0.6) is 5.75 Å². The third kappa shape index (κ3) is 2.89. The molecule has 2 nitrogen and oxygen atoms in total. The fourth-order valence-electron chi connectivity index (χ4n) is 1.46. The quantitative estimate of drug-likeness (QED) is 0.801. The fourth-order valence-corrected chi connectivity index (χ4v) is 1.58. The highest BCUT2D eigenvalue weighted by molar-refractivity contribution is 7.80. The molecule has 0 atom stereocenters. The Morgan fingerprint density at radius 1 is 1.40 bits per heavy atom. The number of thiocarbonyl (C=S) groups is 1. The van der Waals surface area contributed by atoms with Crippen LogP contribution < -0.4 is 10.5 Å². The van der Waals surface area contributed by atoms with Gasteiger partial charge in [-0.3, -0.25) is 0 Å². The zero-order chi connectivity index (χ0) is 11.4. The summed E-state index contributed by atoms with van der Waals surface area (Å²) in [6.07, 6.45) is 0. The summed E-state index contributed by atoms with van der Waals surface area (Å²) >= 11 is 4.89. The van der Waals surface area contributed by atoms with Crippen molar-refractivity contribution in [1.29, 1.82) is 0 Å². The van der Waals surface area contributed by atoms with E-state index in [1.807, 2.05) is 26.0 Å². The molecular weight excluding hydrogens is 213 g/mol. The SMILES string of the molecule is Cc1cc(C(N)=S)cc(C)c1OCCF. The molecule has 0 aliphatic rings. The van der Waals surface area contributed by atoms with Crippen LogP contribution in [0.3, 0.4) is 0 Å². The third-order valence-electron chi connectivity index (χ3n) is 2.07. The van der Waals surface area contributed by atoms with Gasteiger partial charge in [-0.15, -0.1) is 0 Å². The molecule has 0 fully saturated rings. The molecule has 0 aromatic heterocycles. The van der Waals surface area contributed by atoms with Gasteiger partial charge in [0.15, 0.2) is 0 Å². The summed E-state index contributed by atoms with van der Waals surface area (Å²) in [5.74, 6) is 0.715. The first kappa shape index (κ1) is 11.9. The van der Waals surface area contributed by atoms with Gasteiger partial charge in [0.1, 0.15) is 24.0 Å². The van der Waals surface area contributed by atoms with Crippen LogP contribution in [0.25, 0.3) is 0 Å². The van der Waals surface area contributed by atoms with E-state index in [4.69, 9.17) is 22.7 Å². The van der Waals surface area contributed by atoms with Gasteiger partial charge in [0.2, 0.25) is 0 Å². The molecule has 1 rings (SSSR count). The number of rotatable bonds is 4. The lowest BCUT2D eigenvalue weighted by molar-refractivity contribution is 0.270. The van der Waals surface area contributed by atoms with Crippen molar-refractivity contribution in [1.82, 2.24) is 0 Å². The molecule has 4 heteroatoms. The molecule has 0 radical (unpaired) electrons. The van der Waals surface area contributed by atoms with E-state index in [9.17, 15) is 4.39 Å². The molecule has 0 saturated carbocycles. The number of ether oxygens (including phenoxy) is 1. The fraction of sp³-hybridized carbons (Fsp3) is 0.364. The van der Waals surface area contributed by atoms with E-state index in [1.165, 1.54) is 0 Å². The molecule has 1 aromatic carbocycles. The maximum absolute atomic E-state index is 12.0. The summed E-state index contributed by atoms with van der Waals surface area (Å²) in [6.45, 7) is 3.37. The van der Waals surface area contributed by atoms with Crippen LogP contribution in [0, 0.1) is 13.8 Å². The Bertz CT molecular complexity index is 356. The predicted molar refractivity (Wildman–Crippen MR) is 63.3 cm³/mol. The van der Waals surface area contributed by atoms with Crippen molar-refractivity contribution in [2.24, 2.45) is 5.73 Å². The number of hydrogen-bond donors (Lipinski definition) is 1. The van der Waals surface area contributed by atoms with Crippen LogP contribution in [0.4, 0.5) is 4.39 Å². The second kappa shape index (κ2) is 5.07. The maximum atomic E-state index is 12.0. The first-order valence-corrected chi connectivity index (χ1v) is 5.07. The molecule has 0 aliphatic heterocycles. The van der Waals surface area contributed by atoms with Crippen molar-refractivity contribution < 1.29 is 9.13 Å². The van der Waals surface area contributed by atoms with Crippen molar-refractivity contribution in [3.8, 4) is 5.75 Å². The highest BCUT2D eigenvalue weighted by atomic mass is 32.1. The number of hydrogen-bond acceptors (Lipinski definition) is 2. The van der Waals surface area contributed by atoms with Crippen LogP contribution in [0.15, 0.2) is 12.1 Å². The molecule has 82 valence electrons. The molecule has 0 unspecified atom stereocenters.